The molecule has 1 saturated heterocycles. The Balaban J connectivity index is 1.83. The van der Waals surface area contributed by atoms with Gasteiger partial charge in [0.15, 0.2) is 11.5 Å². The summed E-state index contributed by atoms with van der Waals surface area (Å²) in [6, 6.07) is 4.53. The molecule has 0 unspecified atom stereocenters. The molecule has 3 amide bonds. The maximum Gasteiger partial charge on any atom is 0.325 e. The van der Waals surface area contributed by atoms with E-state index in [4.69, 9.17) is 9.47 Å². The lowest BCUT2D eigenvalue weighted by molar-refractivity contribution is -0.141. The number of carbonyl (C=O) groups excluding carboxylic acids is 3. The van der Waals surface area contributed by atoms with Crippen molar-refractivity contribution >= 4 is 17.9 Å². The van der Waals surface area contributed by atoms with E-state index in [2.05, 4.69) is 10.1 Å². The van der Waals surface area contributed by atoms with Gasteiger partial charge in [0, 0.05) is 6.54 Å². The van der Waals surface area contributed by atoms with Gasteiger partial charge in [0.25, 0.3) is 5.91 Å². The third-order valence-corrected chi connectivity index (χ3v) is 3.99. The van der Waals surface area contributed by atoms with Crippen LogP contribution in [0.1, 0.15) is 18.9 Å². The van der Waals surface area contributed by atoms with E-state index in [0.717, 1.165) is 4.90 Å². The minimum Gasteiger partial charge on any atom is -0.469 e. The molecule has 0 aliphatic carbocycles. The number of urea groups is 1. The van der Waals surface area contributed by atoms with Gasteiger partial charge in [0.1, 0.15) is 5.54 Å². The summed E-state index contributed by atoms with van der Waals surface area (Å²) in [4.78, 5) is 37.0. The average molecular weight is 320 g/mol. The number of nitrogens with one attached hydrogen (secondary N) is 1. The quantitative estimate of drug-likeness (QED) is 0.650. The number of ether oxygens (including phenoxy) is 3. The van der Waals surface area contributed by atoms with Crippen molar-refractivity contribution in [2.75, 3.05) is 20.4 Å². The van der Waals surface area contributed by atoms with Crippen LogP contribution in [0.4, 0.5) is 4.79 Å². The van der Waals surface area contributed by atoms with Gasteiger partial charge in [-0.2, -0.15) is 0 Å². The monoisotopic (exact) mass is 320 g/mol. The highest BCUT2D eigenvalue weighted by molar-refractivity contribution is 6.07. The molecule has 1 aromatic carbocycles. The zero-order valence-electron chi connectivity index (χ0n) is 12.8. The summed E-state index contributed by atoms with van der Waals surface area (Å²) in [7, 11) is 1.25. The molecule has 122 valence electrons. The first-order valence-corrected chi connectivity index (χ1v) is 7.07. The SMILES string of the molecule is COC(=O)CCN1C(=O)N[C@](C)(c2ccc3c(c2)OCO3)C1=O. The summed E-state index contributed by atoms with van der Waals surface area (Å²) in [6.45, 7) is 1.71. The van der Waals surface area contributed by atoms with Crippen molar-refractivity contribution in [1.82, 2.24) is 10.2 Å². The molecule has 0 saturated carbocycles. The molecule has 1 fully saturated rings. The highest BCUT2D eigenvalue weighted by Gasteiger charge is 2.49. The lowest BCUT2D eigenvalue weighted by Crippen LogP contribution is -2.41. The number of benzene rings is 1. The molecule has 3 rings (SSSR count). The fourth-order valence-electron chi connectivity index (χ4n) is 2.61. The van der Waals surface area contributed by atoms with E-state index < -0.39 is 23.4 Å². The number of amides is 3. The summed E-state index contributed by atoms with van der Waals surface area (Å²) in [5, 5.41) is 2.67. The summed E-state index contributed by atoms with van der Waals surface area (Å²) in [6.07, 6.45) is -0.0487. The van der Waals surface area contributed by atoms with Crippen LogP contribution >= 0.6 is 0 Å². The Morgan fingerprint density at radius 2 is 2.09 bits per heavy atom. The summed E-state index contributed by atoms with van der Waals surface area (Å²) in [5.74, 6) is 0.211. The van der Waals surface area contributed by atoms with Crippen LogP contribution in [0, 0.1) is 0 Å². The highest BCUT2D eigenvalue weighted by atomic mass is 16.7. The largest absolute Gasteiger partial charge is 0.469 e. The Morgan fingerprint density at radius 1 is 1.35 bits per heavy atom. The molecule has 8 nitrogen and oxygen atoms in total. The number of nitrogens with zero attached hydrogens (tertiary/aromatic N) is 1. The second-order valence-corrected chi connectivity index (χ2v) is 5.41. The average Bonchev–Trinajstić information content (AvgIpc) is 3.09. The van der Waals surface area contributed by atoms with Crippen molar-refractivity contribution in [3.63, 3.8) is 0 Å². The first-order chi connectivity index (χ1) is 11.0. The van der Waals surface area contributed by atoms with Gasteiger partial charge in [-0.1, -0.05) is 6.07 Å². The van der Waals surface area contributed by atoms with E-state index in [1.54, 1.807) is 25.1 Å². The van der Waals surface area contributed by atoms with Gasteiger partial charge in [-0.05, 0) is 24.6 Å². The topological polar surface area (TPSA) is 94.2 Å². The van der Waals surface area contributed by atoms with Crippen LogP contribution in [0.15, 0.2) is 18.2 Å². The molecule has 0 radical (unpaired) electrons. The predicted molar refractivity (Wildman–Crippen MR) is 76.8 cm³/mol. The maximum absolute atomic E-state index is 12.7. The van der Waals surface area contributed by atoms with Crippen LogP contribution in [0.5, 0.6) is 11.5 Å². The number of hydrogen-bond donors (Lipinski definition) is 1. The molecular weight excluding hydrogens is 304 g/mol. The number of methoxy groups -OCH3 is 1. The van der Waals surface area contributed by atoms with Crippen LogP contribution in [0.25, 0.3) is 0 Å². The minimum absolute atomic E-state index is 0.0303. The van der Waals surface area contributed by atoms with E-state index >= 15 is 0 Å². The molecular formula is C15H16N2O6. The molecule has 23 heavy (non-hydrogen) atoms. The minimum atomic E-state index is -1.21. The lowest BCUT2D eigenvalue weighted by Gasteiger charge is -2.22. The second-order valence-electron chi connectivity index (χ2n) is 5.41. The molecule has 1 aromatic rings. The van der Waals surface area contributed by atoms with Gasteiger partial charge in [0.05, 0.1) is 13.5 Å². The zero-order valence-corrected chi connectivity index (χ0v) is 12.8. The second kappa shape index (κ2) is 5.45. The fraction of sp³-hybridized carbons (Fsp3) is 0.400. The molecule has 0 aromatic heterocycles. The number of carbonyl (C=O) groups is 3. The van der Waals surface area contributed by atoms with Crippen LogP contribution in [0.2, 0.25) is 0 Å². The van der Waals surface area contributed by atoms with E-state index in [1.807, 2.05) is 0 Å². The number of rotatable bonds is 4. The van der Waals surface area contributed by atoms with Crippen LogP contribution < -0.4 is 14.8 Å². The number of fused-ring (bicyclic) bond motifs is 1. The lowest BCUT2D eigenvalue weighted by atomic mass is 9.91. The maximum atomic E-state index is 12.7. The number of hydrogen-bond acceptors (Lipinski definition) is 6. The van der Waals surface area contributed by atoms with Crippen molar-refractivity contribution in [1.29, 1.82) is 0 Å². The van der Waals surface area contributed by atoms with Crippen molar-refractivity contribution in [2.45, 2.75) is 18.9 Å². The Bertz CT molecular complexity index is 689. The first kappa shape index (κ1) is 15.1. The molecule has 8 heteroatoms. The standard InChI is InChI=1S/C15H16N2O6/c1-15(9-3-4-10-11(7-9)23-8-22-10)13(19)17(14(20)16-15)6-5-12(18)21-2/h3-4,7H,5-6,8H2,1-2H3,(H,16,20)/t15-/m1/s1. The van der Waals surface area contributed by atoms with Crippen LogP contribution in [-0.2, 0) is 19.9 Å². The summed E-state index contributed by atoms with van der Waals surface area (Å²) in [5.41, 5.74) is -0.630. The molecule has 1 N–H and O–H groups in total. The van der Waals surface area contributed by atoms with Gasteiger partial charge < -0.3 is 19.5 Å². The smallest absolute Gasteiger partial charge is 0.325 e. The third-order valence-electron chi connectivity index (χ3n) is 3.99. The summed E-state index contributed by atoms with van der Waals surface area (Å²) >= 11 is 0. The van der Waals surface area contributed by atoms with Crippen LogP contribution in [-0.4, -0.2) is 43.3 Å². The highest BCUT2D eigenvalue weighted by Crippen LogP contribution is 2.37. The normalized spacial score (nSPS) is 22.3. The van der Waals surface area contributed by atoms with Crippen molar-refractivity contribution in [2.24, 2.45) is 0 Å². The number of esters is 1. The Morgan fingerprint density at radius 3 is 2.83 bits per heavy atom. The molecule has 2 heterocycles. The van der Waals surface area contributed by atoms with Crippen LogP contribution in [0.3, 0.4) is 0 Å². The van der Waals surface area contributed by atoms with E-state index in [1.165, 1.54) is 7.11 Å². The molecule has 0 spiro atoms. The van der Waals surface area contributed by atoms with E-state index in [0.29, 0.717) is 17.1 Å². The van der Waals surface area contributed by atoms with Gasteiger partial charge in [-0.25, -0.2) is 4.79 Å². The van der Waals surface area contributed by atoms with Gasteiger partial charge >= 0.3 is 12.0 Å². The Kier molecular flexibility index (Phi) is 3.59. The molecule has 2 aliphatic rings. The van der Waals surface area contributed by atoms with Gasteiger partial charge in [-0.3, -0.25) is 14.5 Å². The van der Waals surface area contributed by atoms with Gasteiger partial charge in [0.2, 0.25) is 6.79 Å². The summed E-state index contributed by atoms with van der Waals surface area (Å²) < 4.78 is 15.1. The Hall–Kier alpha value is -2.77. The van der Waals surface area contributed by atoms with Crippen molar-refractivity contribution in [3.05, 3.63) is 23.8 Å². The third kappa shape index (κ3) is 2.45. The molecule has 1 atom stereocenters. The van der Waals surface area contributed by atoms with E-state index in [-0.39, 0.29) is 19.8 Å². The van der Waals surface area contributed by atoms with Gasteiger partial charge in [-0.15, -0.1) is 0 Å². The Labute approximate surface area is 132 Å². The fourth-order valence-corrected chi connectivity index (χ4v) is 2.61. The first-order valence-electron chi connectivity index (χ1n) is 7.07. The zero-order chi connectivity index (χ0) is 16.6. The molecule has 0 bridgehead atoms. The molecule has 2 aliphatic heterocycles. The van der Waals surface area contributed by atoms with E-state index in [9.17, 15) is 14.4 Å². The van der Waals surface area contributed by atoms with Crippen molar-refractivity contribution < 1.29 is 28.6 Å². The van der Waals surface area contributed by atoms with Crippen molar-refractivity contribution in [3.8, 4) is 11.5 Å². The number of imide groups is 1. The predicted octanol–water partition coefficient (Wildman–Crippen LogP) is 0.745.